The van der Waals surface area contributed by atoms with Crippen LogP contribution in [0.25, 0.3) is 11.0 Å². The predicted molar refractivity (Wildman–Crippen MR) is 108 cm³/mol. The third-order valence-corrected chi connectivity index (χ3v) is 4.48. The van der Waals surface area contributed by atoms with Crippen LogP contribution < -0.4 is 31.0 Å². The van der Waals surface area contributed by atoms with Crippen LogP contribution in [0.15, 0.2) is 52.3 Å². The van der Waals surface area contributed by atoms with Crippen LogP contribution in [-0.2, 0) is 6.54 Å². The number of fused-ring (bicyclic) bond motifs is 1. The molecular weight excluding hydrogens is 360 g/mol. The molecule has 0 aliphatic carbocycles. The zero-order valence-electron chi connectivity index (χ0n) is 15.3. The quantitative estimate of drug-likeness (QED) is 0.424. The summed E-state index contributed by atoms with van der Waals surface area (Å²) in [5, 5.41) is 6.06. The van der Waals surface area contributed by atoms with Gasteiger partial charge in [0, 0.05) is 18.3 Å². The number of nitrogens with zero attached hydrogens (tertiary/aromatic N) is 1. The highest BCUT2D eigenvalue weighted by molar-refractivity contribution is 5.84. The van der Waals surface area contributed by atoms with Crippen LogP contribution >= 0.6 is 0 Å². The van der Waals surface area contributed by atoms with Crippen molar-refractivity contribution in [2.75, 3.05) is 24.9 Å². The molecule has 0 spiro atoms. The Bertz CT molecular complexity index is 1200. The lowest BCUT2D eigenvalue weighted by Crippen LogP contribution is -2.36. The number of hydrogen-bond acceptors (Lipinski definition) is 7. The van der Waals surface area contributed by atoms with Gasteiger partial charge in [-0.25, -0.2) is 4.98 Å². The first-order valence-electron chi connectivity index (χ1n) is 8.58. The van der Waals surface area contributed by atoms with Gasteiger partial charge >= 0.3 is 0 Å². The van der Waals surface area contributed by atoms with Crippen molar-refractivity contribution in [1.29, 1.82) is 0 Å². The fraction of sp³-hybridized carbons (Fsp3) is 0.150. The summed E-state index contributed by atoms with van der Waals surface area (Å²) in [5.41, 5.74) is 2.62. The first-order chi connectivity index (χ1) is 13.6. The number of imidazole rings is 1. The van der Waals surface area contributed by atoms with E-state index in [1.54, 1.807) is 32.7 Å². The number of aromatic nitrogens is 2. The van der Waals surface area contributed by atoms with E-state index in [0.29, 0.717) is 23.7 Å². The largest absolute Gasteiger partial charge is 0.497 e. The average Bonchev–Trinajstić information content (AvgIpc) is 3.20. The number of nitrogens with one attached hydrogen (secondary N) is 3. The maximum atomic E-state index is 12.0. The van der Waals surface area contributed by atoms with Crippen molar-refractivity contribution in [2.45, 2.75) is 6.54 Å². The molecule has 8 heteroatoms. The Morgan fingerprint density at radius 1 is 0.964 bits per heavy atom. The van der Waals surface area contributed by atoms with Crippen LogP contribution in [0, 0.1) is 0 Å². The van der Waals surface area contributed by atoms with E-state index in [-0.39, 0.29) is 11.4 Å². The molecule has 0 aliphatic heterocycles. The number of hydrogen-bond donors (Lipinski definition) is 3. The molecule has 4 rings (SSSR count). The van der Waals surface area contributed by atoms with Gasteiger partial charge in [0.1, 0.15) is 22.9 Å². The summed E-state index contributed by atoms with van der Waals surface area (Å²) in [5.74, 6) is 1.29. The minimum Gasteiger partial charge on any atom is -0.497 e. The van der Waals surface area contributed by atoms with Gasteiger partial charge in [-0.2, -0.15) is 0 Å². The number of aromatic amines is 1. The summed E-state index contributed by atoms with van der Waals surface area (Å²) >= 11 is 0. The molecule has 4 aromatic rings. The van der Waals surface area contributed by atoms with Crippen molar-refractivity contribution >= 4 is 28.1 Å². The van der Waals surface area contributed by atoms with Gasteiger partial charge in [-0.15, -0.1) is 0 Å². The van der Waals surface area contributed by atoms with Gasteiger partial charge in [-0.05, 0) is 35.9 Å². The highest BCUT2D eigenvalue weighted by Crippen LogP contribution is 2.26. The lowest BCUT2D eigenvalue weighted by molar-refractivity contribution is 0.393. The Labute approximate surface area is 159 Å². The van der Waals surface area contributed by atoms with Crippen molar-refractivity contribution in [3.63, 3.8) is 0 Å². The number of benzene rings is 2. The van der Waals surface area contributed by atoms with Gasteiger partial charge in [0.15, 0.2) is 0 Å². The molecular formula is C20H18N4O4. The minimum atomic E-state index is -0.546. The van der Waals surface area contributed by atoms with E-state index >= 15 is 0 Å². The van der Waals surface area contributed by atoms with E-state index in [1.807, 2.05) is 24.3 Å². The molecule has 0 saturated heterocycles. The molecule has 0 fully saturated rings. The summed E-state index contributed by atoms with van der Waals surface area (Å²) < 4.78 is 10.5. The first kappa shape index (κ1) is 17.6. The maximum absolute atomic E-state index is 12.0. The monoisotopic (exact) mass is 378 g/mol. The van der Waals surface area contributed by atoms with E-state index in [0.717, 1.165) is 16.6 Å². The minimum absolute atomic E-state index is 0.249. The average molecular weight is 378 g/mol. The van der Waals surface area contributed by atoms with Gasteiger partial charge in [0.25, 0.3) is 10.9 Å². The zero-order chi connectivity index (χ0) is 19.7. The molecule has 0 bridgehead atoms. The third-order valence-electron chi connectivity index (χ3n) is 4.48. The molecule has 1 aromatic heterocycles. The van der Waals surface area contributed by atoms with Crippen molar-refractivity contribution in [3.05, 3.63) is 68.7 Å². The van der Waals surface area contributed by atoms with Crippen molar-refractivity contribution in [3.8, 4) is 11.5 Å². The van der Waals surface area contributed by atoms with E-state index in [4.69, 9.17) is 9.47 Å². The standard InChI is InChI=1S/C20H18N4O4/c1-27-13-5-11(6-14(8-13)28-2)9-21-17-18(20(26)19(17)25)24-12-3-4-15-16(7-12)23-10-22-15/h3-8,10,21,24H,9H2,1-2H3,(H,22,23). The lowest BCUT2D eigenvalue weighted by Gasteiger charge is -2.15. The topological polar surface area (TPSA) is 105 Å². The molecule has 142 valence electrons. The van der Waals surface area contributed by atoms with Gasteiger partial charge in [-0.1, -0.05) is 0 Å². The normalized spacial score (nSPS) is 10.9. The highest BCUT2D eigenvalue weighted by Gasteiger charge is 2.21. The van der Waals surface area contributed by atoms with Crippen LogP contribution in [0.5, 0.6) is 11.5 Å². The molecule has 0 atom stereocenters. The smallest absolute Gasteiger partial charge is 0.253 e. The van der Waals surface area contributed by atoms with Gasteiger partial charge in [0.2, 0.25) is 0 Å². The molecule has 1 heterocycles. The van der Waals surface area contributed by atoms with Crippen molar-refractivity contribution in [2.24, 2.45) is 0 Å². The number of methoxy groups -OCH3 is 2. The first-order valence-corrected chi connectivity index (χ1v) is 8.58. The summed E-state index contributed by atoms with van der Waals surface area (Å²) in [4.78, 5) is 31.2. The van der Waals surface area contributed by atoms with Gasteiger partial charge in [-0.3, -0.25) is 9.59 Å². The second-order valence-corrected chi connectivity index (χ2v) is 6.24. The van der Waals surface area contributed by atoms with Crippen molar-refractivity contribution < 1.29 is 9.47 Å². The molecule has 0 unspecified atom stereocenters. The molecule has 0 amide bonds. The Morgan fingerprint density at radius 3 is 2.39 bits per heavy atom. The van der Waals surface area contributed by atoms with Gasteiger partial charge in [0.05, 0.1) is 31.6 Å². The third kappa shape index (κ3) is 3.16. The van der Waals surface area contributed by atoms with E-state index in [2.05, 4.69) is 20.6 Å². The fourth-order valence-corrected chi connectivity index (χ4v) is 3.00. The van der Waals surface area contributed by atoms with Gasteiger partial charge < -0.3 is 25.1 Å². The number of ether oxygens (including phenoxy) is 2. The lowest BCUT2D eigenvalue weighted by atomic mass is 10.1. The molecule has 0 saturated carbocycles. The van der Waals surface area contributed by atoms with E-state index in [9.17, 15) is 9.59 Å². The molecule has 28 heavy (non-hydrogen) atoms. The zero-order valence-corrected chi connectivity index (χ0v) is 15.3. The predicted octanol–water partition coefficient (Wildman–Crippen LogP) is 2.53. The van der Waals surface area contributed by atoms with Crippen LogP contribution in [0.3, 0.4) is 0 Å². The fourth-order valence-electron chi connectivity index (χ4n) is 3.00. The number of rotatable bonds is 7. The van der Waals surface area contributed by atoms with E-state index in [1.165, 1.54) is 0 Å². The molecule has 8 nitrogen and oxygen atoms in total. The molecule has 3 N–H and O–H groups in total. The highest BCUT2D eigenvalue weighted by atomic mass is 16.5. The molecule has 3 aromatic carbocycles. The Balaban J connectivity index is 1.54. The number of anilines is 3. The van der Waals surface area contributed by atoms with Crippen LogP contribution in [0.4, 0.5) is 17.1 Å². The Kier molecular flexibility index (Phi) is 4.44. The molecule has 0 aliphatic rings. The summed E-state index contributed by atoms with van der Waals surface area (Å²) in [7, 11) is 3.14. The SMILES string of the molecule is COc1cc(CNc2c(Nc3ccc4nc[nH]c4c3)c(=O)c2=O)cc(OC)c1. The summed E-state index contributed by atoms with van der Waals surface area (Å²) in [6.45, 7) is 0.340. The summed E-state index contributed by atoms with van der Waals surface area (Å²) in [6, 6.07) is 10.9. The maximum Gasteiger partial charge on any atom is 0.253 e. The van der Waals surface area contributed by atoms with Crippen LogP contribution in [0.2, 0.25) is 0 Å². The second-order valence-electron chi connectivity index (χ2n) is 6.24. The van der Waals surface area contributed by atoms with Crippen molar-refractivity contribution in [1.82, 2.24) is 9.97 Å². The van der Waals surface area contributed by atoms with Crippen LogP contribution in [0.1, 0.15) is 5.56 Å². The summed E-state index contributed by atoms with van der Waals surface area (Å²) in [6.07, 6.45) is 1.60. The Hall–Kier alpha value is -3.81. The Morgan fingerprint density at radius 2 is 1.68 bits per heavy atom. The second kappa shape index (κ2) is 7.07. The molecule has 0 radical (unpaired) electrons. The van der Waals surface area contributed by atoms with Crippen LogP contribution in [-0.4, -0.2) is 24.2 Å². The van der Waals surface area contributed by atoms with E-state index < -0.39 is 10.9 Å². The number of H-pyrrole nitrogens is 1.